The molecular weight excluding hydrogens is 202 g/mol. The van der Waals surface area contributed by atoms with E-state index in [-0.39, 0.29) is 0 Å². The second-order valence-electron chi connectivity index (χ2n) is 4.07. The Morgan fingerprint density at radius 2 is 1.75 bits per heavy atom. The fourth-order valence-electron chi connectivity index (χ4n) is 1.63. The van der Waals surface area contributed by atoms with Crippen LogP contribution < -0.4 is 9.47 Å². The molecule has 0 saturated carbocycles. The third-order valence-electron chi connectivity index (χ3n) is 2.36. The van der Waals surface area contributed by atoms with Crippen LogP contribution >= 0.6 is 0 Å². The van der Waals surface area contributed by atoms with Gasteiger partial charge >= 0.3 is 0 Å². The van der Waals surface area contributed by atoms with Crippen molar-refractivity contribution >= 4 is 0 Å². The van der Waals surface area contributed by atoms with Crippen molar-refractivity contribution < 1.29 is 9.47 Å². The minimum atomic E-state index is 0.505. The molecule has 0 saturated heterocycles. The van der Waals surface area contributed by atoms with Gasteiger partial charge in [-0.1, -0.05) is 13.8 Å². The molecule has 1 aromatic carbocycles. The third kappa shape index (κ3) is 2.66. The summed E-state index contributed by atoms with van der Waals surface area (Å²) in [6.45, 7) is 4.25. The van der Waals surface area contributed by atoms with Crippen molar-refractivity contribution in [3.05, 3.63) is 23.3 Å². The molecule has 0 N–H and O–H groups in total. The normalized spacial score (nSPS) is 10.0. The minimum absolute atomic E-state index is 0.505. The smallest absolute Gasteiger partial charge is 0.162 e. The van der Waals surface area contributed by atoms with E-state index in [4.69, 9.17) is 14.7 Å². The van der Waals surface area contributed by atoms with Gasteiger partial charge in [0.25, 0.3) is 0 Å². The molecule has 3 nitrogen and oxygen atoms in total. The highest BCUT2D eigenvalue weighted by atomic mass is 16.5. The monoisotopic (exact) mass is 219 g/mol. The molecule has 0 aliphatic heterocycles. The summed E-state index contributed by atoms with van der Waals surface area (Å²) in [6, 6.07) is 5.81. The molecule has 0 amide bonds. The number of rotatable bonds is 4. The predicted molar refractivity (Wildman–Crippen MR) is 62.8 cm³/mol. The van der Waals surface area contributed by atoms with Crippen molar-refractivity contribution in [1.82, 2.24) is 0 Å². The standard InChI is InChI=1S/C13H17NO2/c1-9(2)5-10-6-12(15-3)13(16-4)7-11(10)8-14/h6-7,9H,5H2,1-4H3. The molecule has 16 heavy (non-hydrogen) atoms. The molecule has 0 radical (unpaired) electrons. The number of ether oxygens (including phenoxy) is 2. The van der Waals surface area contributed by atoms with Gasteiger partial charge in [0.1, 0.15) is 0 Å². The van der Waals surface area contributed by atoms with Gasteiger partial charge in [-0.2, -0.15) is 5.26 Å². The Kier molecular flexibility index (Phi) is 4.19. The average Bonchev–Trinajstić information content (AvgIpc) is 2.27. The van der Waals surface area contributed by atoms with Crippen molar-refractivity contribution in [2.45, 2.75) is 20.3 Å². The molecule has 0 fully saturated rings. The molecular formula is C13H17NO2. The highest BCUT2D eigenvalue weighted by Crippen LogP contribution is 2.31. The van der Waals surface area contributed by atoms with Crippen molar-refractivity contribution in [2.24, 2.45) is 5.92 Å². The zero-order valence-electron chi connectivity index (χ0n) is 10.2. The lowest BCUT2D eigenvalue weighted by Gasteiger charge is -2.12. The second kappa shape index (κ2) is 5.41. The van der Waals surface area contributed by atoms with Crippen LogP contribution in [0.1, 0.15) is 25.0 Å². The predicted octanol–water partition coefficient (Wildman–Crippen LogP) is 2.77. The first-order valence-electron chi connectivity index (χ1n) is 5.27. The second-order valence-corrected chi connectivity index (χ2v) is 4.07. The van der Waals surface area contributed by atoms with Gasteiger partial charge < -0.3 is 9.47 Å². The Morgan fingerprint density at radius 1 is 1.19 bits per heavy atom. The molecule has 0 atom stereocenters. The Morgan fingerprint density at radius 3 is 2.19 bits per heavy atom. The molecule has 0 aromatic heterocycles. The van der Waals surface area contributed by atoms with Crippen LogP contribution in [0.3, 0.4) is 0 Å². The van der Waals surface area contributed by atoms with E-state index >= 15 is 0 Å². The maximum Gasteiger partial charge on any atom is 0.162 e. The van der Waals surface area contributed by atoms with Gasteiger partial charge in [-0.25, -0.2) is 0 Å². The van der Waals surface area contributed by atoms with Crippen molar-refractivity contribution in [1.29, 1.82) is 5.26 Å². The Labute approximate surface area is 96.6 Å². The van der Waals surface area contributed by atoms with Crippen LogP contribution in [0, 0.1) is 17.2 Å². The van der Waals surface area contributed by atoms with Crippen molar-refractivity contribution in [2.75, 3.05) is 14.2 Å². The van der Waals surface area contributed by atoms with Gasteiger partial charge in [-0.05, 0) is 24.0 Å². The molecule has 1 rings (SSSR count). The first-order chi connectivity index (χ1) is 7.62. The molecule has 1 aromatic rings. The number of nitriles is 1. The summed E-state index contributed by atoms with van der Waals surface area (Å²) < 4.78 is 10.4. The van der Waals surface area contributed by atoms with Crippen LogP contribution in [-0.4, -0.2) is 14.2 Å². The van der Waals surface area contributed by atoms with Crippen molar-refractivity contribution in [3.63, 3.8) is 0 Å². The largest absolute Gasteiger partial charge is 0.493 e. The first-order valence-corrected chi connectivity index (χ1v) is 5.27. The number of hydrogen-bond acceptors (Lipinski definition) is 3. The Bertz CT molecular complexity index is 405. The van der Waals surface area contributed by atoms with Gasteiger partial charge in [0, 0.05) is 6.07 Å². The zero-order chi connectivity index (χ0) is 12.1. The van der Waals surface area contributed by atoms with E-state index in [0.717, 1.165) is 12.0 Å². The number of nitrogens with zero attached hydrogens (tertiary/aromatic N) is 1. The Balaban J connectivity index is 3.22. The molecule has 0 aliphatic rings. The molecule has 0 unspecified atom stereocenters. The van der Waals surface area contributed by atoms with E-state index in [1.54, 1.807) is 20.3 Å². The highest BCUT2D eigenvalue weighted by molar-refractivity contribution is 5.51. The number of methoxy groups -OCH3 is 2. The maximum absolute atomic E-state index is 9.07. The van der Waals surface area contributed by atoms with Crippen LogP contribution in [-0.2, 0) is 6.42 Å². The SMILES string of the molecule is COc1cc(C#N)c(CC(C)C)cc1OC. The van der Waals surface area contributed by atoms with Gasteiger partial charge in [0.2, 0.25) is 0 Å². The number of benzene rings is 1. The van der Waals surface area contributed by atoms with E-state index in [1.807, 2.05) is 6.07 Å². The third-order valence-corrected chi connectivity index (χ3v) is 2.36. The summed E-state index contributed by atoms with van der Waals surface area (Å²) in [5, 5.41) is 9.07. The summed E-state index contributed by atoms with van der Waals surface area (Å²) >= 11 is 0. The van der Waals surface area contributed by atoms with Crippen molar-refractivity contribution in [3.8, 4) is 17.6 Å². The summed E-state index contributed by atoms with van der Waals surface area (Å²) in [5.74, 6) is 1.79. The summed E-state index contributed by atoms with van der Waals surface area (Å²) in [7, 11) is 3.17. The topological polar surface area (TPSA) is 42.2 Å². The Hall–Kier alpha value is -1.69. The molecule has 0 aliphatic carbocycles. The maximum atomic E-state index is 9.07. The van der Waals surface area contributed by atoms with Gasteiger partial charge in [-0.3, -0.25) is 0 Å². The lowest BCUT2D eigenvalue weighted by molar-refractivity contribution is 0.354. The van der Waals surface area contributed by atoms with Crippen LogP contribution in [0.4, 0.5) is 0 Å². The quantitative estimate of drug-likeness (QED) is 0.782. The van der Waals surface area contributed by atoms with Crippen LogP contribution in [0.2, 0.25) is 0 Å². The number of hydrogen-bond donors (Lipinski definition) is 0. The molecule has 3 heteroatoms. The summed E-state index contributed by atoms with van der Waals surface area (Å²) in [6.07, 6.45) is 0.864. The summed E-state index contributed by atoms with van der Waals surface area (Å²) in [4.78, 5) is 0. The van der Waals surface area contributed by atoms with Crippen LogP contribution in [0.25, 0.3) is 0 Å². The summed E-state index contributed by atoms with van der Waals surface area (Å²) in [5.41, 5.74) is 1.67. The molecule has 86 valence electrons. The fourth-order valence-corrected chi connectivity index (χ4v) is 1.63. The van der Waals surface area contributed by atoms with E-state index < -0.39 is 0 Å². The fraction of sp³-hybridized carbons (Fsp3) is 0.462. The molecule has 0 heterocycles. The van der Waals surface area contributed by atoms with E-state index in [2.05, 4.69) is 19.9 Å². The average molecular weight is 219 g/mol. The van der Waals surface area contributed by atoms with Gasteiger partial charge in [-0.15, -0.1) is 0 Å². The zero-order valence-corrected chi connectivity index (χ0v) is 10.2. The highest BCUT2D eigenvalue weighted by Gasteiger charge is 2.11. The lowest BCUT2D eigenvalue weighted by Crippen LogP contribution is -2.00. The van der Waals surface area contributed by atoms with E-state index in [0.29, 0.717) is 23.0 Å². The van der Waals surface area contributed by atoms with Gasteiger partial charge in [0.15, 0.2) is 11.5 Å². The first kappa shape index (κ1) is 12.4. The lowest BCUT2D eigenvalue weighted by atomic mass is 9.98. The van der Waals surface area contributed by atoms with E-state index in [1.165, 1.54) is 0 Å². The van der Waals surface area contributed by atoms with Crippen LogP contribution in [0.5, 0.6) is 11.5 Å². The van der Waals surface area contributed by atoms with Gasteiger partial charge in [0.05, 0.1) is 25.9 Å². The molecule has 0 spiro atoms. The van der Waals surface area contributed by atoms with E-state index in [9.17, 15) is 0 Å². The minimum Gasteiger partial charge on any atom is -0.493 e. The van der Waals surface area contributed by atoms with Crippen LogP contribution in [0.15, 0.2) is 12.1 Å². The molecule has 0 bridgehead atoms.